The summed E-state index contributed by atoms with van der Waals surface area (Å²) in [5, 5.41) is 11.5. The van der Waals surface area contributed by atoms with Crippen LogP contribution in [0.3, 0.4) is 0 Å². The zero-order valence-electron chi connectivity index (χ0n) is 10.4. The molecule has 0 fully saturated rings. The van der Waals surface area contributed by atoms with E-state index in [-0.39, 0.29) is 11.6 Å². The molecule has 5 nitrogen and oxygen atoms in total. The fourth-order valence-corrected chi connectivity index (χ4v) is 1.43. The Labute approximate surface area is 106 Å². The van der Waals surface area contributed by atoms with Gasteiger partial charge in [0.2, 0.25) is 0 Å². The number of rotatable bonds is 4. The topological polar surface area (TPSA) is 69.6 Å². The molecule has 0 heterocycles. The van der Waals surface area contributed by atoms with Crippen molar-refractivity contribution in [3.8, 4) is 0 Å². The van der Waals surface area contributed by atoms with Gasteiger partial charge in [0.1, 0.15) is 0 Å². The second-order valence-electron chi connectivity index (χ2n) is 4.13. The summed E-state index contributed by atoms with van der Waals surface area (Å²) in [5.74, 6) is -1.03. The fourth-order valence-electron chi connectivity index (χ4n) is 1.43. The zero-order valence-corrected chi connectivity index (χ0v) is 10.4. The molecule has 2 N–H and O–H groups in total. The van der Waals surface area contributed by atoms with E-state index < -0.39 is 5.97 Å². The third kappa shape index (κ3) is 3.93. The third-order valence-corrected chi connectivity index (χ3v) is 2.21. The van der Waals surface area contributed by atoms with Gasteiger partial charge in [-0.3, -0.25) is 0 Å². The summed E-state index contributed by atoms with van der Waals surface area (Å²) in [5.41, 5.74) is 1.45. The van der Waals surface area contributed by atoms with Crippen LogP contribution >= 0.6 is 0 Å². The highest BCUT2D eigenvalue weighted by atomic mass is 16.4. The first-order valence-corrected chi connectivity index (χ1v) is 5.40. The standard InChI is InChI=1S/C13H16N2O3/c1-9(2)8-15(3)13(18)14-11-6-4-5-10(7-11)12(16)17/h4-7H,1,8H2,2-3H3,(H,14,18)(H,16,17). The van der Waals surface area contributed by atoms with Crippen LogP contribution in [0.4, 0.5) is 10.5 Å². The highest BCUT2D eigenvalue weighted by Crippen LogP contribution is 2.11. The first-order chi connectivity index (χ1) is 8.40. The van der Waals surface area contributed by atoms with Crippen molar-refractivity contribution in [2.45, 2.75) is 6.92 Å². The first-order valence-electron chi connectivity index (χ1n) is 5.40. The minimum atomic E-state index is -1.03. The van der Waals surface area contributed by atoms with Gasteiger partial charge in [0.15, 0.2) is 0 Å². The largest absolute Gasteiger partial charge is 0.478 e. The smallest absolute Gasteiger partial charge is 0.335 e. The normalized spacial score (nSPS) is 9.67. The predicted octanol–water partition coefficient (Wildman–Crippen LogP) is 2.42. The molecule has 0 saturated carbocycles. The molecular formula is C13H16N2O3. The molecule has 1 rings (SSSR count). The molecule has 5 heteroatoms. The number of benzene rings is 1. The second-order valence-corrected chi connectivity index (χ2v) is 4.13. The summed E-state index contributed by atoms with van der Waals surface area (Å²) >= 11 is 0. The number of hydrogen-bond acceptors (Lipinski definition) is 2. The van der Waals surface area contributed by atoms with Crippen molar-refractivity contribution >= 4 is 17.7 Å². The molecule has 0 aromatic heterocycles. The van der Waals surface area contributed by atoms with Gasteiger partial charge >= 0.3 is 12.0 Å². The molecule has 18 heavy (non-hydrogen) atoms. The number of hydrogen-bond donors (Lipinski definition) is 2. The third-order valence-electron chi connectivity index (χ3n) is 2.21. The van der Waals surface area contributed by atoms with Crippen molar-refractivity contribution in [3.05, 3.63) is 42.0 Å². The Balaban J connectivity index is 2.72. The summed E-state index contributed by atoms with van der Waals surface area (Å²) in [6, 6.07) is 5.79. The number of likely N-dealkylation sites (N-methyl/N-ethyl adjacent to an activating group) is 1. The number of carbonyl (C=O) groups is 2. The molecule has 2 amide bonds. The van der Waals surface area contributed by atoms with Crippen LogP contribution in [0.1, 0.15) is 17.3 Å². The molecule has 96 valence electrons. The maximum Gasteiger partial charge on any atom is 0.335 e. The average Bonchev–Trinajstić information content (AvgIpc) is 2.28. The lowest BCUT2D eigenvalue weighted by molar-refractivity contribution is 0.0697. The lowest BCUT2D eigenvalue weighted by atomic mass is 10.2. The van der Waals surface area contributed by atoms with Crippen molar-refractivity contribution in [3.63, 3.8) is 0 Å². The number of anilines is 1. The lowest BCUT2D eigenvalue weighted by Crippen LogP contribution is -2.32. The van der Waals surface area contributed by atoms with Crippen molar-refractivity contribution in [2.24, 2.45) is 0 Å². The number of urea groups is 1. The molecule has 1 aromatic rings. The number of carboxylic acid groups (broad SMARTS) is 1. The van der Waals surface area contributed by atoms with Gasteiger partial charge in [-0.1, -0.05) is 18.2 Å². The van der Waals surface area contributed by atoms with Crippen LogP contribution in [0, 0.1) is 0 Å². The van der Waals surface area contributed by atoms with E-state index in [1.807, 2.05) is 6.92 Å². The minimum absolute atomic E-state index is 0.135. The van der Waals surface area contributed by atoms with Crippen LogP contribution in [0.15, 0.2) is 36.4 Å². The summed E-state index contributed by atoms with van der Waals surface area (Å²) in [7, 11) is 1.64. The van der Waals surface area contributed by atoms with E-state index in [0.29, 0.717) is 12.2 Å². The van der Waals surface area contributed by atoms with E-state index in [9.17, 15) is 9.59 Å². The van der Waals surface area contributed by atoms with Gasteiger partial charge in [-0.25, -0.2) is 9.59 Å². The van der Waals surface area contributed by atoms with Gasteiger partial charge in [0, 0.05) is 19.3 Å². The van der Waals surface area contributed by atoms with Crippen molar-refractivity contribution < 1.29 is 14.7 Å². The number of nitrogens with zero attached hydrogens (tertiary/aromatic N) is 1. The number of amides is 2. The Hall–Kier alpha value is -2.30. The fraction of sp³-hybridized carbons (Fsp3) is 0.231. The molecule has 0 radical (unpaired) electrons. The molecule has 0 saturated heterocycles. The predicted molar refractivity (Wildman–Crippen MR) is 69.9 cm³/mol. The van der Waals surface area contributed by atoms with E-state index in [2.05, 4.69) is 11.9 Å². The average molecular weight is 248 g/mol. The van der Waals surface area contributed by atoms with Gasteiger partial charge in [-0.05, 0) is 25.1 Å². The van der Waals surface area contributed by atoms with Crippen LogP contribution in [0.5, 0.6) is 0 Å². The molecule has 1 aromatic carbocycles. The van der Waals surface area contributed by atoms with Gasteiger partial charge in [-0.15, -0.1) is 0 Å². The van der Waals surface area contributed by atoms with Gasteiger partial charge in [0.25, 0.3) is 0 Å². The summed E-state index contributed by atoms with van der Waals surface area (Å²) < 4.78 is 0. The quantitative estimate of drug-likeness (QED) is 0.804. The molecule has 0 spiro atoms. The van der Waals surface area contributed by atoms with Gasteiger partial charge in [-0.2, -0.15) is 0 Å². The van der Waals surface area contributed by atoms with Crippen molar-refractivity contribution in [2.75, 3.05) is 18.9 Å². The first kappa shape index (κ1) is 13.8. The van der Waals surface area contributed by atoms with Gasteiger partial charge < -0.3 is 15.3 Å². The number of carbonyl (C=O) groups excluding carboxylic acids is 1. The van der Waals surface area contributed by atoms with E-state index in [4.69, 9.17) is 5.11 Å². The molecule has 0 bridgehead atoms. The molecular weight excluding hydrogens is 232 g/mol. The maximum absolute atomic E-state index is 11.8. The SMILES string of the molecule is C=C(C)CN(C)C(=O)Nc1cccc(C(=O)O)c1. The van der Waals surface area contributed by atoms with Crippen LogP contribution < -0.4 is 5.32 Å². The van der Waals surface area contributed by atoms with Gasteiger partial charge in [0.05, 0.1) is 5.56 Å². The Morgan fingerprint density at radius 2 is 2.11 bits per heavy atom. The molecule has 0 aliphatic heterocycles. The van der Waals surface area contributed by atoms with Crippen LogP contribution in [0.2, 0.25) is 0 Å². The second kappa shape index (κ2) is 5.86. The van der Waals surface area contributed by atoms with E-state index in [1.165, 1.54) is 17.0 Å². The summed E-state index contributed by atoms with van der Waals surface area (Å²) in [6.07, 6.45) is 0. The number of nitrogens with one attached hydrogen (secondary N) is 1. The molecule has 0 atom stereocenters. The van der Waals surface area contributed by atoms with Crippen LogP contribution in [-0.2, 0) is 0 Å². The Morgan fingerprint density at radius 1 is 1.44 bits per heavy atom. The lowest BCUT2D eigenvalue weighted by Gasteiger charge is -2.18. The monoisotopic (exact) mass is 248 g/mol. The highest BCUT2D eigenvalue weighted by Gasteiger charge is 2.10. The van der Waals surface area contributed by atoms with Crippen LogP contribution in [-0.4, -0.2) is 35.6 Å². The van der Waals surface area contributed by atoms with E-state index in [1.54, 1.807) is 19.2 Å². The number of aromatic carboxylic acids is 1. The number of carboxylic acids is 1. The Bertz CT molecular complexity index is 483. The van der Waals surface area contributed by atoms with E-state index in [0.717, 1.165) is 5.57 Å². The Morgan fingerprint density at radius 3 is 2.67 bits per heavy atom. The molecule has 0 aliphatic carbocycles. The Kier molecular flexibility index (Phi) is 4.48. The highest BCUT2D eigenvalue weighted by molar-refractivity contribution is 5.93. The zero-order chi connectivity index (χ0) is 13.7. The van der Waals surface area contributed by atoms with E-state index >= 15 is 0 Å². The summed E-state index contributed by atoms with van der Waals surface area (Å²) in [6.45, 7) is 6.00. The molecule has 0 aliphatic rings. The van der Waals surface area contributed by atoms with Crippen LogP contribution in [0.25, 0.3) is 0 Å². The minimum Gasteiger partial charge on any atom is -0.478 e. The van der Waals surface area contributed by atoms with Crippen molar-refractivity contribution in [1.82, 2.24) is 4.90 Å². The van der Waals surface area contributed by atoms with Crippen molar-refractivity contribution in [1.29, 1.82) is 0 Å². The molecule has 0 unspecified atom stereocenters. The maximum atomic E-state index is 11.8. The summed E-state index contributed by atoms with van der Waals surface area (Å²) in [4.78, 5) is 24.0.